The quantitative estimate of drug-likeness (QED) is 0.773. The molecule has 1 unspecified atom stereocenters. The Morgan fingerprint density at radius 1 is 1.67 bits per heavy atom. The molecule has 3 nitrogen and oxygen atoms in total. The van der Waals surface area contributed by atoms with E-state index < -0.39 is 0 Å². The average molecular weight is 274 g/mol. The Hall–Kier alpha value is -0.770. The highest BCUT2D eigenvalue weighted by Crippen LogP contribution is 2.06. The van der Waals surface area contributed by atoms with Crippen LogP contribution in [-0.4, -0.2) is 29.2 Å². The van der Waals surface area contributed by atoms with Crippen LogP contribution in [0.2, 0.25) is 0 Å². The van der Waals surface area contributed by atoms with Crippen molar-refractivity contribution < 1.29 is 9.21 Å². The van der Waals surface area contributed by atoms with Crippen molar-refractivity contribution in [3.63, 3.8) is 0 Å². The minimum Gasteiger partial charge on any atom is -0.469 e. The van der Waals surface area contributed by atoms with Crippen molar-refractivity contribution in [1.29, 1.82) is 0 Å². The third kappa shape index (κ3) is 4.51. The summed E-state index contributed by atoms with van der Waals surface area (Å²) in [7, 11) is 1.82. The number of carbonyl (C=O) groups excluding carboxylic acids is 1. The van der Waals surface area contributed by atoms with Gasteiger partial charge in [-0.25, -0.2) is 0 Å². The molecule has 4 heteroatoms. The summed E-state index contributed by atoms with van der Waals surface area (Å²) in [4.78, 5) is 13.7. The molecular formula is C11H16BrNO2. The van der Waals surface area contributed by atoms with Crippen molar-refractivity contribution >= 4 is 21.8 Å². The second kappa shape index (κ2) is 5.95. The van der Waals surface area contributed by atoms with Crippen molar-refractivity contribution in [2.45, 2.75) is 24.6 Å². The first-order valence-electron chi connectivity index (χ1n) is 5.00. The third-order valence-corrected chi connectivity index (χ3v) is 2.41. The zero-order valence-corrected chi connectivity index (χ0v) is 10.7. The van der Waals surface area contributed by atoms with Crippen LogP contribution in [-0.2, 0) is 11.2 Å². The van der Waals surface area contributed by atoms with Gasteiger partial charge in [0.2, 0.25) is 5.91 Å². The van der Waals surface area contributed by atoms with Gasteiger partial charge in [0.15, 0.2) is 0 Å². The molecule has 84 valence electrons. The summed E-state index contributed by atoms with van der Waals surface area (Å²) in [6, 6.07) is 3.73. The molecule has 0 aromatic carbocycles. The lowest BCUT2D eigenvalue weighted by atomic mass is 10.2. The summed E-state index contributed by atoms with van der Waals surface area (Å²) in [5.41, 5.74) is 0. The molecule has 1 rings (SSSR count). The molecule has 1 aromatic heterocycles. The van der Waals surface area contributed by atoms with Gasteiger partial charge in [-0.2, -0.15) is 0 Å². The molecule has 1 amide bonds. The minimum absolute atomic E-state index is 0.151. The summed E-state index contributed by atoms with van der Waals surface area (Å²) >= 11 is 3.42. The number of rotatable bonds is 5. The second-order valence-corrected chi connectivity index (χ2v) is 5.20. The first-order valence-corrected chi connectivity index (χ1v) is 5.91. The molecule has 15 heavy (non-hydrogen) atoms. The Labute approximate surface area is 98.6 Å². The number of hydrogen-bond donors (Lipinski definition) is 0. The molecule has 0 radical (unpaired) electrons. The Kier molecular flexibility index (Phi) is 4.88. The molecule has 0 bridgehead atoms. The van der Waals surface area contributed by atoms with E-state index in [0.29, 0.717) is 17.7 Å². The van der Waals surface area contributed by atoms with Crippen molar-refractivity contribution in [2.75, 3.05) is 13.6 Å². The van der Waals surface area contributed by atoms with Crippen LogP contribution >= 0.6 is 15.9 Å². The SMILES string of the molecule is CC(Br)CN(C)C(=O)CCc1ccco1. The Morgan fingerprint density at radius 2 is 2.40 bits per heavy atom. The number of nitrogens with zero attached hydrogens (tertiary/aromatic N) is 1. The Morgan fingerprint density at radius 3 is 2.93 bits per heavy atom. The molecule has 0 spiro atoms. The molecule has 1 atom stereocenters. The van der Waals surface area contributed by atoms with Crippen LogP contribution in [0, 0.1) is 0 Å². The Bertz CT molecular complexity index is 296. The fourth-order valence-electron chi connectivity index (χ4n) is 1.36. The molecule has 0 fully saturated rings. The highest BCUT2D eigenvalue weighted by molar-refractivity contribution is 9.09. The summed E-state index contributed by atoms with van der Waals surface area (Å²) < 4.78 is 5.16. The number of furan rings is 1. The van der Waals surface area contributed by atoms with E-state index in [1.165, 1.54) is 0 Å². The van der Waals surface area contributed by atoms with E-state index in [1.54, 1.807) is 11.2 Å². The zero-order valence-electron chi connectivity index (χ0n) is 9.07. The largest absolute Gasteiger partial charge is 0.469 e. The maximum atomic E-state index is 11.6. The number of alkyl halides is 1. The van der Waals surface area contributed by atoms with Gasteiger partial charge in [0.25, 0.3) is 0 Å². The van der Waals surface area contributed by atoms with E-state index in [1.807, 2.05) is 26.1 Å². The van der Waals surface area contributed by atoms with Crippen LogP contribution in [0.25, 0.3) is 0 Å². The normalized spacial score (nSPS) is 12.5. The van der Waals surface area contributed by atoms with E-state index in [-0.39, 0.29) is 5.91 Å². The van der Waals surface area contributed by atoms with E-state index in [9.17, 15) is 4.79 Å². The van der Waals surface area contributed by atoms with Crippen LogP contribution in [0.5, 0.6) is 0 Å². The van der Waals surface area contributed by atoms with Gasteiger partial charge in [-0.1, -0.05) is 22.9 Å². The highest BCUT2D eigenvalue weighted by Gasteiger charge is 2.11. The van der Waals surface area contributed by atoms with Gasteiger partial charge in [-0.05, 0) is 12.1 Å². The topological polar surface area (TPSA) is 33.5 Å². The summed E-state index contributed by atoms with van der Waals surface area (Å²) in [5.74, 6) is 1.02. The lowest BCUT2D eigenvalue weighted by Gasteiger charge is -2.18. The summed E-state index contributed by atoms with van der Waals surface area (Å²) in [6.07, 6.45) is 2.81. The average Bonchev–Trinajstić information content (AvgIpc) is 2.65. The standard InChI is InChI=1S/C11H16BrNO2/c1-9(12)8-13(2)11(14)6-5-10-4-3-7-15-10/h3-4,7,9H,5-6,8H2,1-2H3. The monoisotopic (exact) mass is 273 g/mol. The van der Waals surface area contributed by atoms with Gasteiger partial charge in [0.1, 0.15) is 5.76 Å². The molecule has 0 aliphatic heterocycles. The van der Waals surface area contributed by atoms with Gasteiger partial charge in [-0.3, -0.25) is 4.79 Å². The number of aryl methyl sites for hydroxylation is 1. The molecule has 1 aromatic rings. The lowest BCUT2D eigenvalue weighted by molar-refractivity contribution is -0.129. The van der Waals surface area contributed by atoms with E-state index in [4.69, 9.17) is 4.42 Å². The van der Waals surface area contributed by atoms with Crippen molar-refractivity contribution in [1.82, 2.24) is 4.90 Å². The molecule has 0 aliphatic carbocycles. The fourth-order valence-corrected chi connectivity index (χ4v) is 1.79. The van der Waals surface area contributed by atoms with Gasteiger partial charge in [0.05, 0.1) is 6.26 Å². The van der Waals surface area contributed by atoms with Crippen LogP contribution in [0.1, 0.15) is 19.1 Å². The molecule has 0 saturated heterocycles. The predicted molar refractivity (Wildman–Crippen MR) is 63.1 cm³/mol. The lowest BCUT2D eigenvalue weighted by Crippen LogP contribution is -2.31. The predicted octanol–water partition coefficient (Wildman–Crippen LogP) is 2.45. The van der Waals surface area contributed by atoms with Crippen LogP contribution < -0.4 is 0 Å². The fraction of sp³-hybridized carbons (Fsp3) is 0.545. The Balaban J connectivity index is 2.29. The first kappa shape index (κ1) is 12.3. The summed E-state index contributed by atoms with van der Waals surface area (Å²) in [5, 5.41) is 0. The highest BCUT2D eigenvalue weighted by atomic mass is 79.9. The van der Waals surface area contributed by atoms with Gasteiger partial charge in [-0.15, -0.1) is 0 Å². The number of amides is 1. The molecule has 0 saturated carbocycles. The molecular weight excluding hydrogens is 258 g/mol. The van der Waals surface area contributed by atoms with Crippen LogP contribution in [0.15, 0.2) is 22.8 Å². The van der Waals surface area contributed by atoms with E-state index >= 15 is 0 Å². The van der Waals surface area contributed by atoms with E-state index in [2.05, 4.69) is 15.9 Å². The van der Waals surface area contributed by atoms with Gasteiger partial charge < -0.3 is 9.32 Å². The smallest absolute Gasteiger partial charge is 0.222 e. The van der Waals surface area contributed by atoms with Crippen molar-refractivity contribution in [3.8, 4) is 0 Å². The van der Waals surface area contributed by atoms with Crippen molar-refractivity contribution in [3.05, 3.63) is 24.2 Å². The van der Waals surface area contributed by atoms with Gasteiger partial charge >= 0.3 is 0 Å². The molecule has 0 N–H and O–H groups in total. The second-order valence-electron chi connectivity index (χ2n) is 3.63. The third-order valence-electron chi connectivity index (χ3n) is 2.12. The van der Waals surface area contributed by atoms with Crippen molar-refractivity contribution in [2.24, 2.45) is 0 Å². The maximum Gasteiger partial charge on any atom is 0.222 e. The zero-order chi connectivity index (χ0) is 11.3. The maximum absolute atomic E-state index is 11.6. The molecule has 0 aliphatic rings. The number of hydrogen-bond acceptors (Lipinski definition) is 2. The van der Waals surface area contributed by atoms with E-state index in [0.717, 1.165) is 12.3 Å². The van der Waals surface area contributed by atoms with Gasteiger partial charge in [0, 0.05) is 31.3 Å². The number of carbonyl (C=O) groups is 1. The molecule has 1 heterocycles. The first-order chi connectivity index (χ1) is 7.09. The number of halogens is 1. The van der Waals surface area contributed by atoms with Crippen LogP contribution in [0.4, 0.5) is 0 Å². The minimum atomic E-state index is 0.151. The summed E-state index contributed by atoms with van der Waals surface area (Å²) in [6.45, 7) is 2.76. The van der Waals surface area contributed by atoms with Crippen LogP contribution in [0.3, 0.4) is 0 Å².